The zero-order valence-electron chi connectivity index (χ0n) is 14.1. The molecule has 4 rings (SSSR count). The Hall–Kier alpha value is -2.08. The molecular formula is C18H23FN4O. The number of primary amides is 1. The van der Waals surface area contributed by atoms with Gasteiger partial charge in [0.25, 0.3) is 0 Å². The van der Waals surface area contributed by atoms with Crippen molar-refractivity contribution in [1.82, 2.24) is 10.3 Å². The van der Waals surface area contributed by atoms with Gasteiger partial charge >= 0.3 is 0 Å². The van der Waals surface area contributed by atoms with Gasteiger partial charge in [0.05, 0.1) is 17.6 Å². The summed E-state index contributed by atoms with van der Waals surface area (Å²) in [6.45, 7) is 6.77. The first-order chi connectivity index (χ1) is 11.5. The number of carbonyl (C=O) groups excluding carboxylic acids is 1. The van der Waals surface area contributed by atoms with E-state index in [1.165, 1.54) is 6.07 Å². The van der Waals surface area contributed by atoms with Gasteiger partial charge in [-0.05, 0) is 43.4 Å². The van der Waals surface area contributed by atoms with Gasteiger partial charge in [0.15, 0.2) is 0 Å². The third-order valence-corrected chi connectivity index (χ3v) is 5.68. The van der Waals surface area contributed by atoms with Gasteiger partial charge in [-0.1, -0.05) is 0 Å². The SMILES string of the molecule is Cc1[nH]c2c(CC(N)=O)cc(F)c(N3CC[C@@H]4CNC[C@@H]43)c2c1C. The average molecular weight is 330 g/mol. The zero-order chi connectivity index (χ0) is 17.0. The molecule has 2 atom stereocenters. The van der Waals surface area contributed by atoms with E-state index in [-0.39, 0.29) is 12.2 Å². The Bertz CT molecular complexity index is 828. The van der Waals surface area contributed by atoms with Gasteiger partial charge < -0.3 is 20.9 Å². The number of fused-ring (bicyclic) bond motifs is 2. The van der Waals surface area contributed by atoms with Crippen LogP contribution in [-0.4, -0.2) is 36.6 Å². The van der Waals surface area contributed by atoms with Gasteiger partial charge in [-0.25, -0.2) is 4.39 Å². The molecule has 4 N–H and O–H groups in total. The second-order valence-electron chi connectivity index (χ2n) is 7.10. The molecule has 128 valence electrons. The number of aromatic nitrogens is 1. The molecule has 2 aliphatic heterocycles. The maximum absolute atomic E-state index is 15.1. The van der Waals surface area contributed by atoms with Crippen LogP contribution in [-0.2, 0) is 11.2 Å². The minimum atomic E-state index is -0.449. The van der Waals surface area contributed by atoms with Crippen molar-refractivity contribution in [2.24, 2.45) is 11.7 Å². The van der Waals surface area contributed by atoms with Crippen molar-refractivity contribution in [3.63, 3.8) is 0 Å². The highest BCUT2D eigenvalue weighted by atomic mass is 19.1. The van der Waals surface area contributed by atoms with Gasteiger partial charge in [-0.2, -0.15) is 0 Å². The number of aromatic amines is 1. The molecule has 2 aliphatic rings. The van der Waals surface area contributed by atoms with Gasteiger partial charge in [-0.3, -0.25) is 4.79 Å². The number of anilines is 1. The van der Waals surface area contributed by atoms with Gasteiger partial charge in [0.1, 0.15) is 5.82 Å². The van der Waals surface area contributed by atoms with Crippen molar-refractivity contribution in [2.75, 3.05) is 24.5 Å². The van der Waals surface area contributed by atoms with E-state index < -0.39 is 5.91 Å². The maximum atomic E-state index is 15.1. The van der Waals surface area contributed by atoms with Gasteiger partial charge in [-0.15, -0.1) is 0 Å². The maximum Gasteiger partial charge on any atom is 0.221 e. The molecule has 0 aliphatic carbocycles. The van der Waals surface area contributed by atoms with Crippen LogP contribution in [0.5, 0.6) is 0 Å². The molecule has 1 aromatic carbocycles. The standard InChI is InChI=1S/C18H23FN4O/c1-9-10(2)22-17-12(6-15(20)24)5-13(19)18(16(9)17)23-4-3-11-7-21-8-14(11)23/h5,11,14,21-22H,3-4,6-8H2,1-2H3,(H2,20,24)/t11-,14+/m1/s1. The molecule has 0 bridgehead atoms. The summed E-state index contributed by atoms with van der Waals surface area (Å²) in [5, 5.41) is 4.32. The number of nitrogens with one attached hydrogen (secondary N) is 2. The summed E-state index contributed by atoms with van der Waals surface area (Å²) < 4.78 is 15.1. The molecule has 0 radical (unpaired) electrons. The molecule has 2 aromatic rings. The fourth-order valence-electron chi connectivity index (χ4n) is 4.40. The molecule has 2 saturated heterocycles. The lowest BCUT2D eigenvalue weighted by atomic mass is 10.0. The first kappa shape index (κ1) is 15.4. The highest BCUT2D eigenvalue weighted by Gasteiger charge is 2.39. The van der Waals surface area contributed by atoms with E-state index in [4.69, 9.17) is 5.73 Å². The van der Waals surface area contributed by atoms with E-state index in [2.05, 4.69) is 15.2 Å². The fourth-order valence-corrected chi connectivity index (χ4v) is 4.40. The third kappa shape index (κ3) is 2.20. The first-order valence-corrected chi connectivity index (χ1v) is 8.53. The number of rotatable bonds is 3. The molecular weight excluding hydrogens is 307 g/mol. The highest BCUT2D eigenvalue weighted by molar-refractivity contribution is 6.00. The number of nitrogens with two attached hydrogens (primary N) is 1. The van der Waals surface area contributed by atoms with E-state index in [1.54, 1.807) is 0 Å². The second kappa shape index (κ2) is 5.48. The van der Waals surface area contributed by atoms with Crippen LogP contribution in [0, 0.1) is 25.6 Å². The summed E-state index contributed by atoms with van der Waals surface area (Å²) >= 11 is 0. The van der Waals surface area contributed by atoms with Crippen molar-refractivity contribution in [3.05, 3.63) is 28.7 Å². The van der Waals surface area contributed by atoms with Crippen molar-refractivity contribution in [1.29, 1.82) is 0 Å². The van der Waals surface area contributed by atoms with Crippen molar-refractivity contribution in [3.8, 4) is 0 Å². The van der Waals surface area contributed by atoms with E-state index in [0.717, 1.165) is 48.2 Å². The molecule has 1 aromatic heterocycles. The summed E-state index contributed by atoms with van der Waals surface area (Å²) in [4.78, 5) is 16.9. The van der Waals surface area contributed by atoms with E-state index in [0.29, 0.717) is 23.2 Å². The number of halogens is 1. The van der Waals surface area contributed by atoms with Crippen LogP contribution in [0.3, 0.4) is 0 Å². The summed E-state index contributed by atoms with van der Waals surface area (Å²) in [6.07, 6.45) is 1.13. The number of hydrogen-bond acceptors (Lipinski definition) is 3. The van der Waals surface area contributed by atoms with Crippen LogP contribution in [0.15, 0.2) is 6.07 Å². The predicted molar refractivity (Wildman–Crippen MR) is 92.7 cm³/mol. The van der Waals surface area contributed by atoms with Crippen LogP contribution in [0.4, 0.5) is 10.1 Å². The number of amides is 1. The smallest absolute Gasteiger partial charge is 0.221 e. The molecule has 6 heteroatoms. The van der Waals surface area contributed by atoms with Crippen molar-refractivity contribution in [2.45, 2.75) is 32.7 Å². The second-order valence-corrected chi connectivity index (χ2v) is 7.10. The van der Waals surface area contributed by atoms with Crippen LogP contribution in [0.2, 0.25) is 0 Å². The van der Waals surface area contributed by atoms with Crippen molar-refractivity contribution < 1.29 is 9.18 Å². The van der Waals surface area contributed by atoms with Crippen LogP contribution >= 0.6 is 0 Å². The number of nitrogens with zero attached hydrogens (tertiary/aromatic N) is 1. The van der Waals surface area contributed by atoms with Gasteiger partial charge in [0.2, 0.25) is 5.91 Å². The summed E-state index contributed by atoms with van der Waals surface area (Å²) in [7, 11) is 0. The fraction of sp³-hybridized carbons (Fsp3) is 0.500. The Morgan fingerprint density at radius 3 is 2.96 bits per heavy atom. The summed E-state index contributed by atoms with van der Waals surface area (Å²) in [5.41, 5.74) is 9.54. The summed E-state index contributed by atoms with van der Waals surface area (Å²) in [6, 6.07) is 1.83. The van der Waals surface area contributed by atoms with E-state index in [9.17, 15) is 4.79 Å². The van der Waals surface area contributed by atoms with E-state index in [1.807, 2.05) is 13.8 Å². The Labute approximate surface area is 140 Å². The number of aryl methyl sites for hydroxylation is 2. The quantitative estimate of drug-likeness (QED) is 0.803. The number of hydrogen-bond donors (Lipinski definition) is 3. The minimum absolute atomic E-state index is 0.0424. The Balaban J connectivity index is 1.92. The molecule has 1 amide bonds. The highest BCUT2D eigenvalue weighted by Crippen LogP contribution is 2.41. The van der Waals surface area contributed by atoms with Crippen LogP contribution < -0.4 is 16.0 Å². The van der Waals surface area contributed by atoms with Crippen molar-refractivity contribution >= 4 is 22.5 Å². The monoisotopic (exact) mass is 330 g/mol. The Morgan fingerprint density at radius 1 is 1.42 bits per heavy atom. The molecule has 3 heterocycles. The molecule has 2 fully saturated rings. The lowest BCUT2D eigenvalue weighted by Gasteiger charge is -2.27. The zero-order valence-corrected chi connectivity index (χ0v) is 14.1. The Kier molecular flexibility index (Phi) is 3.53. The normalized spacial score (nSPS) is 23.2. The topological polar surface area (TPSA) is 74.2 Å². The molecule has 0 saturated carbocycles. The van der Waals surface area contributed by atoms with Crippen LogP contribution in [0.25, 0.3) is 10.9 Å². The first-order valence-electron chi connectivity index (χ1n) is 8.53. The third-order valence-electron chi connectivity index (χ3n) is 5.68. The Morgan fingerprint density at radius 2 is 2.21 bits per heavy atom. The summed E-state index contributed by atoms with van der Waals surface area (Å²) in [5.74, 6) is -0.118. The molecule has 24 heavy (non-hydrogen) atoms. The number of benzene rings is 1. The molecule has 5 nitrogen and oxygen atoms in total. The predicted octanol–water partition coefficient (Wildman–Crippen LogP) is 1.75. The minimum Gasteiger partial charge on any atom is -0.369 e. The lowest BCUT2D eigenvalue weighted by Crippen LogP contribution is -2.35. The largest absolute Gasteiger partial charge is 0.369 e. The van der Waals surface area contributed by atoms with E-state index >= 15 is 4.39 Å². The molecule has 0 spiro atoms. The van der Waals surface area contributed by atoms with Crippen LogP contribution in [0.1, 0.15) is 23.2 Å². The molecule has 0 unspecified atom stereocenters. The van der Waals surface area contributed by atoms with Gasteiger partial charge in [0, 0.05) is 36.8 Å². The number of carbonyl (C=O) groups is 1. The number of H-pyrrole nitrogens is 1. The average Bonchev–Trinajstić information content (AvgIpc) is 3.17. The lowest BCUT2D eigenvalue weighted by molar-refractivity contribution is -0.117.